The second kappa shape index (κ2) is 3.14. The van der Waals surface area contributed by atoms with Gasteiger partial charge in [0.15, 0.2) is 0 Å². The first-order valence-electron chi connectivity index (χ1n) is 5.49. The zero-order valence-corrected chi connectivity index (χ0v) is 8.99. The molecule has 2 N–H and O–H groups in total. The van der Waals surface area contributed by atoms with Crippen molar-refractivity contribution in [3.05, 3.63) is 34.8 Å². The average Bonchev–Trinajstić information content (AvgIpc) is 2.56. The molecule has 0 spiro atoms. The van der Waals surface area contributed by atoms with Crippen LogP contribution >= 0.6 is 0 Å². The summed E-state index contributed by atoms with van der Waals surface area (Å²) in [6, 6.07) is 0. The van der Waals surface area contributed by atoms with E-state index in [1.165, 1.54) is 16.9 Å². The molecule has 0 fully saturated rings. The molecule has 2 aliphatic heterocycles. The second-order valence-electron chi connectivity index (χ2n) is 4.54. The van der Waals surface area contributed by atoms with Crippen LogP contribution in [0.15, 0.2) is 34.8 Å². The quantitative estimate of drug-likeness (QED) is 0.643. The van der Waals surface area contributed by atoms with Crippen LogP contribution in [0.4, 0.5) is 0 Å². The van der Waals surface area contributed by atoms with Gasteiger partial charge in [0.25, 0.3) is 0 Å². The summed E-state index contributed by atoms with van der Waals surface area (Å²) in [5.74, 6) is 1.20. The first-order valence-corrected chi connectivity index (χ1v) is 5.49. The predicted molar refractivity (Wildman–Crippen MR) is 59.0 cm³/mol. The average molecular weight is 204 g/mol. The molecule has 3 rings (SSSR count). The number of hydrogen-bond donors (Lipinski definition) is 1. The van der Waals surface area contributed by atoms with E-state index in [4.69, 9.17) is 10.5 Å². The summed E-state index contributed by atoms with van der Waals surface area (Å²) in [5, 5.41) is 0. The van der Waals surface area contributed by atoms with Gasteiger partial charge in [0.1, 0.15) is 11.9 Å². The third kappa shape index (κ3) is 1.38. The Hall–Kier alpha value is -1.22. The first-order chi connectivity index (χ1) is 7.24. The summed E-state index contributed by atoms with van der Waals surface area (Å²) < 4.78 is 5.95. The number of nitrogens with zero attached hydrogens (tertiary/aromatic N) is 1. The smallest absolute Gasteiger partial charge is 0.127 e. The van der Waals surface area contributed by atoms with E-state index in [0.29, 0.717) is 0 Å². The Morgan fingerprint density at radius 1 is 1.53 bits per heavy atom. The number of fused-ring (bicyclic) bond motifs is 2. The van der Waals surface area contributed by atoms with Crippen LogP contribution in [0, 0.1) is 0 Å². The van der Waals surface area contributed by atoms with E-state index in [0.717, 1.165) is 31.6 Å². The normalized spacial score (nSPS) is 30.3. The van der Waals surface area contributed by atoms with Crippen molar-refractivity contribution in [1.82, 2.24) is 4.90 Å². The number of likely N-dealkylation sites (N-methyl/N-ethyl adjacent to an activating group) is 1. The van der Waals surface area contributed by atoms with Crippen molar-refractivity contribution in [2.24, 2.45) is 5.73 Å². The second-order valence-corrected chi connectivity index (χ2v) is 4.54. The molecule has 0 aromatic heterocycles. The van der Waals surface area contributed by atoms with E-state index in [1.54, 1.807) is 0 Å². The maximum absolute atomic E-state index is 5.95. The Kier molecular flexibility index (Phi) is 1.89. The Bertz CT molecular complexity index is 392. The van der Waals surface area contributed by atoms with Crippen LogP contribution < -0.4 is 5.73 Å². The summed E-state index contributed by atoms with van der Waals surface area (Å²) in [5.41, 5.74) is 9.42. The maximum atomic E-state index is 5.95. The monoisotopic (exact) mass is 204 g/mol. The van der Waals surface area contributed by atoms with Crippen molar-refractivity contribution in [2.45, 2.75) is 18.9 Å². The minimum Gasteiger partial charge on any atom is -0.489 e. The van der Waals surface area contributed by atoms with Gasteiger partial charge in [-0.15, -0.1) is 0 Å². The zero-order valence-electron chi connectivity index (χ0n) is 8.99. The summed E-state index contributed by atoms with van der Waals surface area (Å²) in [4.78, 5) is 2.33. The summed E-state index contributed by atoms with van der Waals surface area (Å²) in [6.45, 7) is 2.10. The van der Waals surface area contributed by atoms with E-state index in [1.807, 2.05) is 0 Å². The number of nitrogens with two attached hydrogens (primary N) is 1. The summed E-state index contributed by atoms with van der Waals surface area (Å²) in [6.07, 6.45) is 6.34. The molecule has 0 bridgehead atoms. The SMILES string of the molecule is CN1CCC2=C(C1)C1=CC(N)=CCC1O2. The van der Waals surface area contributed by atoms with Crippen molar-refractivity contribution < 1.29 is 4.74 Å². The molecule has 3 heteroatoms. The lowest BCUT2D eigenvalue weighted by atomic mass is 9.93. The van der Waals surface area contributed by atoms with Gasteiger partial charge in [0, 0.05) is 42.8 Å². The van der Waals surface area contributed by atoms with Gasteiger partial charge in [-0.3, -0.25) is 0 Å². The fraction of sp³-hybridized carbons (Fsp3) is 0.500. The molecule has 0 saturated carbocycles. The maximum Gasteiger partial charge on any atom is 0.127 e. The molecule has 15 heavy (non-hydrogen) atoms. The summed E-state index contributed by atoms with van der Waals surface area (Å²) >= 11 is 0. The molecular formula is C12H16N2O. The van der Waals surface area contributed by atoms with Gasteiger partial charge in [-0.1, -0.05) is 6.08 Å². The van der Waals surface area contributed by atoms with Crippen LogP contribution in [0.3, 0.4) is 0 Å². The highest BCUT2D eigenvalue weighted by molar-refractivity contribution is 5.48. The minimum atomic E-state index is 0.244. The topological polar surface area (TPSA) is 38.5 Å². The van der Waals surface area contributed by atoms with E-state index in [2.05, 4.69) is 24.1 Å². The van der Waals surface area contributed by atoms with Crippen LogP contribution in [0.5, 0.6) is 0 Å². The molecule has 80 valence electrons. The third-order valence-corrected chi connectivity index (χ3v) is 3.35. The van der Waals surface area contributed by atoms with E-state index < -0.39 is 0 Å². The molecule has 2 heterocycles. The van der Waals surface area contributed by atoms with Crippen molar-refractivity contribution >= 4 is 0 Å². The number of rotatable bonds is 0. The van der Waals surface area contributed by atoms with Crippen LogP contribution in [-0.4, -0.2) is 31.1 Å². The van der Waals surface area contributed by atoms with Gasteiger partial charge >= 0.3 is 0 Å². The van der Waals surface area contributed by atoms with Crippen LogP contribution in [-0.2, 0) is 4.74 Å². The van der Waals surface area contributed by atoms with E-state index >= 15 is 0 Å². The zero-order chi connectivity index (χ0) is 10.4. The fourth-order valence-corrected chi connectivity index (χ4v) is 2.53. The minimum absolute atomic E-state index is 0.244. The van der Waals surface area contributed by atoms with Gasteiger partial charge in [0.2, 0.25) is 0 Å². The molecule has 1 unspecified atom stereocenters. The Labute approximate surface area is 89.9 Å². The van der Waals surface area contributed by atoms with Crippen LogP contribution in [0.25, 0.3) is 0 Å². The lowest BCUT2D eigenvalue weighted by Crippen LogP contribution is -2.27. The molecule has 0 amide bonds. The number of ether oxygens (including phenoxy) is 1. The van der Waals surface area contributed by atoms with Gasteiger partial charge in [-0.2, -0.15) is 0 Å². The largest absolute Gasteiger partial charge is 0.489 e. The van der Waals surface area contributed by atoms with Gasteiger partial charge < -0.3 is 15.4 Å². The molecule has 1 aliphatic carbocycles. The van der Waals surface area contributed by atoms with Crippen LogP contribution in [0.2, 0.25) is 0 Å². The van der Waals surface area contributed by atoms with Crippen molar-refractivity contribution in [3.63, 3.8) is 0 Å². The molecular weight excluding hydrogens is 188 g/mol. The van der Waals surface area contributed by atoms with Gasteiger partial charge in [0.05, 0.1) is 0 Å². The number of hydrogen-bond acceptors (Lipinski definition) is 3. The Balaban J connectivity index is 1.97. The predicted octanol–water partition coefficient (Wildman–Crippen LogP) is 1.15. The Morgan fingerprint density at radius 2 is 2.40 bits per heavy atom. The highest BCUT2D eigenvalue weighted by Crippen LogP contribution is 2.38. The molecule has 3 aliphatic rings. The van der Waals surface area contributed by atoms with Crippen molar-refractivity contribution in [3.8, 4) is 0 Å². The molecule has 1 atom stereocenters. The third-order valence-electron chi connectivity index (χ3n) is 3.35. The highest BCUT2D eigenvalue weighted by Gasteiger charge is 2.34. The van der Waals surface area contributed by atoms with E-state index in [-0.39, 0.29) is 6.10 Å². The molecule has 0 radical (unpaired) electrons. The molecule has 0 saturated heterocycles. The number of allylic oxidation sites excluding steroid dienone is 1. The van der Waals surface area contributed by atoms with Gasteiger partial charge in [-0.25, -0.2) is 0 Å². The molecule has 0 aromatic carbocycles. The van der Waals surface area contributed by atoms with Gasteiger partial charge in [-0.05, 0) is 13.1 Å². The molecule has 0 aromatic rings. The summed E-state index contributed by atoms with van der Waals surface area (Å²) in [7, 11) is 2.15. The fourth-order valence-electron chi connectivity index (χ4n) is 2.53. The lowest BCUT2D eigenvalue weighted by Gasteiger charge is -2.23. The van der Waals surface area contributed by atoms with Crippen molar-refractivity contribution in [2.75, 3.05) is 20.1 Å². The van der Waals surface area contributed by atoms with Crippen LogP contribution in [0.1, 0.15) is 12.8 Å². The highest BCUT2D eigenvalue weighted by atomic mass is 16.5. The standard InChI is InChI=1S/C12H16N2O/c1-14-5-4-12-10(7-14)9-6-8(13)2-3-11(9)15-12/h2,6,11H,3-5,7,13H2,1H3. The van der Waals surface area contributed by atoms with Crippen molar-refractivity contribution in [1.29, 1.82) is 0 Å². The molecule has 3 nitrogen and oxygen atoms in total. The first kappa shape index (κ1) is 9.04. The Morgan fingerprint density at radius 3 is 3.27 bits per heavy atom. The van der Waals surface area contributed by atoms with E-state index in [9.17, 15) is 0 Å². The lowest BCUT2D eigenvalue weighted by molar-refractivity contribution is 0.151.